The highest BCUT2D eigenvalue weighted by atomic mass is 16.5. The summed E-state index contributed by atoms with van der Waals surface area (Å²) in [5, 5.41) is 12.6. The average Bonchev–Trinajstić information content (AvgIpc) is 2.66. The molecule has 0 bridgehead atoms. The van der Waals surface area contributed by atoms with Crippen LogP contribution in [0.15, 0.2) is 47.6 Å². The Kier molecular flexibility index (Phi) is 6.37. The number of carbonyl (C=O) groups is 1. The monoisotopic (exact) mass is 339 g/mol. The fourth-order valence-corrected chi connectivity index (χ4v) is 1.99. The van der Waals surface area contributed by atoms with Crippen LogP contribution in [0.1, 0.15) is 11.1 Å². The minimum absolute atomic E-state index is 0.196. The Morgan fingerprint density at radius 2 is 1.96 bits per heavy atom. The van der Waals surface area contributed by atoms with E-state index in [9.17, 15) is 4.79 Å². The zero-order valence-electron chi connectivity index (χ0n) is 13.9. The van der Waals surface area contributed by atoms with Crippen LogP contribution in [0.25, 0.3) is 0 Å². The number of amides is 1. The van der Waals surface area contributed by atoms with Gasteiger partial charge >= 0.3 is 0 Å². The Labute approximate surface area is 145 Å². The molecule has 0 spiro atoms. The van der Waals surface area contributed by atoms with Crippen molar-refractivity contribution >= 4 is 12.1 Å². The Bertz CT molecular complexity index is 795. The van der Waals surface area contributed by atoms with Crippen LogP contribution < -0.4 is 19.6 Å². The normalized spacial score (nSPS) is 10.1. The standard InChI is InChI=1S/C18H17N3O4/c1-23-16-5-3-4-14(18(16)24-2)11-20-21-17(22)12-25-15-8-6-13(10-19)7-9-15/h3-9,11H,12H2,1-2H3,(H,21,22)/b20-11-. The first kappa shape index (κ1) is 17.8. The number of carbonyl (C=O) groups excluding carboxylic acids is 1. The zero-order chi connectivity index (χ0) is 18.1. The van der Waals surface area contributed by atoms with Gasteiger partial charge in [-0.3, -0.25) is 4.79 Å². The van der Waals surface area contributed by atoms with Crippen molar-refractivity contribution in [2.75, 3.05) is 20.8 Å². The quantitative estimate of drug-likeness (QED) is 0.616. The minimum atomic E-state index is -0.414. The van der Waals surface area contributed by atoms with Crippen LogP contribution in [0.5, 0.6) is 17.2 Å². The highest BCUT2D eigenvalue weighted by Crippen LogP contribution is 2.29. The summed E-state index contributed by atoms with van der Waals surface area (Å²) in [4.78, 5) is 11.7. The van der Waals surface area contributed by atoms with Crippen molar-refractivity contribution in [1.29, 1.82) is 5.26 Å². The molecule has 2 aromatic carbocycles. The lowest BCUT2D eigenvalue weighted by Crippen LogP contribution is -2.24. The number of rotatable bonds is 7. The number of para-hydroxylation sites is 1. The van der Waals surface area contributed by atoms with Crippen molar-refractivity contribution in [2.24, 2.45) is 5.10 Å². The van der Waals surface area contributed by atoms with E-state index in [2.05, 4.69) is 10.5 Å². The number of nitrogens with one attached hydrogen (secondary N) is 1. The van der Waals surface area contributed by atoms with E-state index in [4.69, 9.17) is 19.5 Å². The number of nitriles is 1. The predicted octanol–water partition coefficient (Wildman–Crippen LogP) is 2.10. The summed E-state index contributed by atoms with van der Waals surface area (Å²) in [5.74, 6) is 1.17. The third-order valence-electron chi connectivity index (χ3n) is 3.18. The Balaban J connectivity index is 1.89. The second-order valence-electron chi connectivity index (χ2n) is 4.80. The first-order chi connectivity index (χ1) is 12.2. The maximum Gasteiger partial charge on any atom is 0.277 e. The van der Waals surface area contributed by atoms with Crippen molar-refractivity contribution in [1.82, 2.24) is 5.43 Å². The Hall–Kier alpha value is -3.53. The van der Waals surface area contributed by atoms with Gasteiger partial charge in [-0.15, -0.1) is 0 Å². The van der Waals surface area contributed by atoms with E-state index in [1.807, 2.05) is 6.07 Å². The third-order valence-corrected chi connectivity index (χ3v) is 3.18. The lowest BCUT2D eigenvalue weighted by Gasteiger charge is -2.09. The summed E-state index contributed by atoms with van der Waals surface area (Å²) in [6.45, 7) is -0.196. The molecular formula is C18H17N3O4. The molecule has 0 saturated carbocycles. The van der Waals surface area contributed by atoms with Crippen molar-refractivity contribution in [3.8, 4) is 23.3 Å². The largest absolute Gasteiger partial charge is 0.493 e. The minimum Gasteiger partial charge on any atom is -0.493 e. The van der Waals surface area contributed by atoms with Crippen molar-refractivity contribution in [3.63, 3.8) is 0 Å². The summed E-state index contributed by atoms with van der Waals surface area (Å²) in [6, 6.07) is 13.8. The van der Waals surface area contributed by atoms with Gasteiger partial charge in [0.1, 0.15) is 5.75 Å². The van der Waals surface area contributed by atoms with Gasteiger partial charge in [-0.2, -0.15) is 10.4 Å². The number of hydrazone groups is 1. The average molecular weight is 339 g/mol. The molecule has 0 aliphatic rings. The molecule has 128 valence electrons. The smallest absolute Gasteiger partial charge is 0.277 e. The molecule has 7 nitrogen and oxygen atoms in total. The van der Waals surface area contributed by atoms with Crippen LogP contribution in [-0.2, 0) is 4.79 Å². The van der Waals surface area contributed by atoms with Crippen LogP contribution in [0.3, 0.4) is 0 Å². The summed E-state index contributed by atoms with van der Waals surface area (Å²) >= 11 is 0. The molecule has 25 heavy (non-hydrogen) atoms. The van der Waals surface area contributed by atoms with Crippen LogP contribution in [0.2, 0.25) is 0 Å². The molecule has 2 aromatic rings. The van der Waals surface area contributed by atoms with Gasteiger partial charge in [-0.25, -0.2) is 5.43 Å². The molecule has 0 saturated heterocycles. The van der Waals surface area contributed by atoms with E-state index in [-0.39, 0.29) is 6.61 Å². The van der Waals surface area contributed by atoms with Crippen LogP contribution >= 0.6 is 0 Å². The summed E-state index contributed by atoms with van der Waals surface area (Å²) in [7, 11) is 3.07. The molecular weight excluding hydrogens is 322 g/mol. The van der Waals surface area contributed by atoms with E-state index in [0.717, 1.165) is 0 Å². The zero-order valence-corrected chi connectivity index (χ0v) is 13.9. The van der Waals surface area contributed by atoms with Gasteiger partial charge in [0, 0.05) is 5.56 Å². The maximum atomic E-state index is 11.7. The lowest BCUT2D eigenvalue weighted by atomic mass is 10.2. The molecule has 0 aromatic heterocycles. The SMILES string of the molecule is COc1cccc(/C=N\NC(=O)COc2ccc(C#N)cc2)c1OC. The van der Waals surface area contributed by atoms with Crippen LogP contribution in [-0.4, -0.2) is 32.9 Å². The Morgan fingerprint density at radius 3 is 2.60 bits per heavy atom. The fourth-order valence-electron chi connectivity index (χ4n) is 1.99. The molecule has 0 radical (unpaired) electrons. The van der Waals surface area contributed by atoms with Gasteiger partial charge in [0.15, 0.2) is 18.1 Å². The van der Waals surface area contributed by atoms with Gasteiger partial charge in [0.25, 0.3) is 5.91 Å². The molecule has 1 N–H and O–H groups in total. The van der Waals surface area contributed by atoms with Gasteiger partial charge in [0.05, 0.1) is 32.1 Å². The number of hydrogen-bond acceptors (Lipinski definition) is 6. The highest BCUT2D eigenvalue weighted by Gasteiger charge is 2.07. The van der Waals surface area contributed by atoms with E-state index >= 15 is 0 Å². The van der Waals surface area contributed by atoms with Gasteiger partial charge in [0.2, 0.25) is 0 Å². The van der Waals surface area contributed by atoms with Gasteiger partial charge in [-0.1, -0.05) is 6.07 Å². The molecule has 0 aliphatic carbocycles. The van der Waals surface area contributed by atoms with Crippen LogP contribution in [0.4, 0.5) is 0 Å². The predicted molar refractivity (Wildman–Crippen MR) is 91.9 cm³/mol. The molecule has 0 unspecified atom stereocenters. The maximum absolute atomic E-state index is 11.7. The molecule has 0 fully saturated rings. The van der Waals surface area contributed by atoms with Crippen molar-refractivity contribution in [2.45, 2.75) is 0 Å². The van der Waals surface area contributed by atoms with E-state index in [0.29, 0.717) is 28.4 Å². The topological polar surface area (TPSA) is 92.9 Å². The summed E-state index contributed by atoms with van der Waals surface area (Å²) in [5.41, 5.74) is 3.55. The molecule has 0 aliphatic heterocycles. The summed E-state index contributed by atoms with van der Waals surface area (Å²) < 4.78 is 15.8. The molecule has 1 amide bonds. The Morgan fingerprint density at radius 1 is 1.20 bits per heavy atom. The van der Waals surface area contributed by atoms with E-state index in [1.54, 1.807) is 49.6 Å². The fraction of sp³-hybridized carbons (Fsp3) is 0.167. The number of hydrogen-bond donors (Lipinski definition) is 1. The second kappa shape index (κ2) is 8.93. The second-order valence-corrected chi connectivity index (χ2v) is 4.80. The van der Waals surface area contributed by atoms with Crippen molar-refractivity contribution < 1.29 is 19.0 Å². The molecule has 2 rings (SSSR count). The van der Waals surface area contributed by atoms with Crippen LogP contribution in [0, 0.1) is 11.3 Å². The number of ether oxygens (including phenoxy) is 3. The van der Waals surface area contributed by atoms with E-state index < -0.39 is 5.91 Å². The third kappa shape index (κ3) is 4.97. The first-order valence-electron chi connectivity index (χ1n) is 7.33. The van der Waals surface area contributed by atoms with Gasteiger partial charge in [-0.05, 0) is 36.4 Å². The van der Waals surface area contributed by atoms with Gasteiger partial charge < -0.3 is 14.2 Å². The number of nitrogens with zero attached hydrogens (tertiary/aromatic N) is 2. The number of methoxy groups -OCH3 is 2. The number of benzene rings is 2. The summed E-state index contributed by atoms with van der Waals surface area (Å²) in [6.07, 6.45) is 1.46. The van der Waals surface area contributed by atoms with E-state index in [1.165, 1.54) is 13.3 Å². The lowest BCUT2D eigenvalue weighted by molar-refractivity contribution is -0.123. The highest BCUT2D eigenvalue weighted by molar-refractivity contribution is 5.86. The first-order valence-corrected chi connectivity index (χ1v) is 7.33. The molecule has 0 atom stereocenters. The molecule has 7 heteroatoms. The van der Waals surface area contributed by atoms with Crippen molar-refractivity contribution in [3.05, 3.63) is 53.6 Å². The molecule has 0 heterocycles.